The highest BCUT2D eigenvalue weighted by atomic mass is 19.1. The van der Waals surface area contributed by atoms with Crippen LogP contribution < -0.4 is 5.32 Å². The Balaban J connectivity index is 1.89. The summed E-state index contributed by atoms with van der Waals surface area (Å²) in [6.45, 7) is 1.85. The second-order valence-electron chi connectivity index (χ2n) is 6.30. The highest BCUT2D eigenvalue weighted by Crippen LogP contribution is 2.36. The predicted octanol–water partition coefficient (Wildman–Crippen LogP) is 3.08. The van der Waals surface area contributed by atoms with Gasteiger partial charge in [0.2, 0.25) is 11.8 Å². The normalized spacial score (nSPS) is 20.4. The Hall–Kier alpha value is -2.76. The molecule has 1 N–H and O–H groups in total. The van der Waals surface area contributed by atoms with E-state index in [2.05, 4.69) is 10.3 Å². The maximum atomic E-state index is 13.7. The van der Waals surface area contributed by atoms with Crippen LogP contribution in [0.3, 0.4) is 0 Å². The molecule has 6 heteroatoms. The zero-order valence-electron chi connectivity index (χ0n) is 14.2. The number of carbonyl (C=O) groups is 2. The van der Waals surface area contributed by atoms with E-state index in [1.165, 1.54) is 17.0 Å². The molecule has 5 nitrogen and oxygen atoms in total. The molecule has 2 heterocycles. The summed E-state index contributed by atoms with van der Waals surface area (Å²) in [5, 5.41) is 2.82. The van der Waals surface area contributed by atoms with Crippen molar-refractivity contribution >= 4 is 17.6 Å². The van der Waals surface area contributed by atoms with Crippen molar-refractivity contribution in [2.75, 3.05) is 12.4 Å². The molecule has 3 rings (SSSR count). The fourth-order valence-electron chi connectivity index (χ4n) is 3.29. The third-order valence-electron chi connectivity index (χ3n) is 4.53. The number of aryl methyl sites for hydroxylation is 1. The largest absolute Gasteiger partial charge is 0.338 e. The van der Waals surface area contributed by atoms with Crippen LogP contribution in [0.5, 0.6) is 0 Å². The molecule has 1 aliphatic rings. The van der Waals surface area contributed by atoms with E-state index in [0.717, 1.165) is 5.69 Å². The highest BCUT2D eigenvalue weighted by molar-refractivity contribution is 5.94. The maximum Gasteiger partial charge on any atom is 0.231 e. The van der Waals surface area contributed by atoms with E-state index >= 15 is 0 Å². The molecule has 0 radical (unpaired) electrons. The summed E-state index contributed by atoms with van der Waals surface area (Å²) >= 11 is 0. The van der Waals surface area contributed by atoms with Crippen LogP contribution in [0.4, 0.5) is 10.2 Å². The number of amides is 2. The Bertz CT molecular complexity index is 809. The summed E-state index contributed by atoms with van der Waals surface area (Å²) < 4.78 is 13.7. The number of nitrogens with zero attached hydrogens (tertiary/aromatic N) is 2. The number of pyridine rings is 1. The topological polar surface area (TPSA) is 62.3 Å². The minimum Gasteiger partial charge on any atom is -0.338 e. The molecule has 1 saturated heterocycles. The zero-order valence-corrected chi connectivity index (χ0v) is 14.2. The fraction of sp³-hybridized carbons (Fsp3) is 0.316. The van der Waals surface area contributed by atoms with Crippen molar-refractivity contribution in [2.24, 2.45) is 5.92 Å². The van der Waals surface area contributed by atoms with Crippen LogP contribution in [0.25, 0.3) is 0 Å². The van der Waals surface area contributed by atoms with Crippen molar-refractivity contribution in [3.63, 3.8) is 0 Å². The molecule has 130 valence electrons. The quantitative estimate of drug-likeness (QED) is 0.933. The Kier molecular flexibility index (Phi) is 4.79. The first kappa shape index (κ1) is 17.1. The highest BCUT2D eigenvalue weighted by Gasteiger charge is 2.39. The van der Waals surface area contributed by atoms with Gasteiger partial charge in [-0.3, -0.25) is 9.59 Å². The lowest BCUT2D eigenvalue weighted by Crippen LogP contribution is -2.44. The zero-order chi connectivity index (χ0) is 18.0. The van der Waals surface area contributed by atoms with Gasteiger partial charge in [0.15, 0.2) is 0 Å². The predicted molar refractivity (Wildman–Crippen MR) is 92.2 cm³/mol. The number of rotatable bonds is 3. The van der Waals surface area contributed by atoms with E-state index in [1.54, 1.807) is 25.2 Å². The maximum absolute atomic E-state index is 13.7. The van der Waals surface area contributed by atoms with Crippen LogP contribution in [0.15, 0.2) is 42.5 Å². The third-order valence-corrected chi connectivity index (χ3v) is 4.53. The van der Waals surface area contributed by atoms with Crippen LogP contribution in [0.2, 0.25) is 0 Å². The molecule has 2 atom stereocenters. The number of halogens is 1. The van der Waals surface area contributed by atoms with Crippen molar-refractivity contribution in [3.8, 4) is 0 Å². The second kappa shape index (κ2) is 7.01. The molecule has 2 amide bonds. The monoisotopic (exact) mass is 341 g/mol. The van der Waals surface area contributed by atoms with Gasteiger partial charge in [0.1, 0.15) is 11.6 Å². The molecule has 2 aromatic rings. The molecule has 0 bridgehead atoms. The van der Waals surface area contributed by atoms with Crippen LogP contribution in [-0.2, 0) is 9.59 Å². The van der Waals surface area contributed by atoms with E-state index in [-0.39, 0.29) is 17.6 Å². The van der Waals surface area contributed by atoms with Crippen LogP contribution in [0, 0.1) is 18.7 Å². The van der Waals surface area contributed by atoms with E-state index in [9.17, 15) is 14.0 Å². The number of nitrogens with one attached hydrogen (secondary N) is 1. The summed E-state index contributed by atoms with van der Waals surface area (Å²) in [6, 6.07) is 11.0. The number of hydrogen-bond acceptors (Lipinski definition) is 3. The average Bonchev–Trinajstić information content (AvgIpc) is 2.57. The standard InChI is InChI=1S/C19H20FN3O2/c1-12-5-3-8-16(21-12)22-19(25)15-9-10-17(24)23(2)18(15)13-6-4-7-14(20)11-13/h3-8,11,15,18H,9-10H2,1-2H3,(H,21,22,25)/t15-,18+/m1/s1. The molecule has 1 aromatic heterocycles. The molecule has 1 aromatic carbocycles. The van der Waals surface area contributed by atoms with Gasteiger partial charge >= 0.3 is 0 Å². The summed E-state index contributed by atoms with van der Waals surface area (Å²) in [6.07, 6.45) is 0.712. The Morgan fingerprint density at radius 2 is 2.04 bits per heavy atom. The number of benzene rings is 1. The van der Waals surface area contributed by atoms with Crippen LogP contribution >= 0.6 is 0 Å². The lowest BCUT2D eigenvalue weighted by Gasteiger charge is -2.38. The van der Waals surface area contributed by atoms with E-state index < -0.39 is 12.0 Å². The van der Waals surface area contributed by atoms with Gasteiger partial charge < -0.3 is 10.2 Å². The van der Waals surface area contributed by atoms with Gasteiger partial charge in [0, 0.05) is 19.2 Å². The first-order chi connectivity index (χ1) is 12.0. The summed E-state index contributed by atoms with van der Waals surface area (Å²) in [5.74, 6) is -0.642. The molecule has 0 aliphatic carbocycles. The average molecular weight is 341 g/mol. The van der Waals surface area contributed by atoms with Crippen molar-refractivity contribution < 1.29 is 14.0 Å². The summed E-state index contributed by atoms with van der Waals surface area (Å²) in [7, 11) is 1.66. The number of piperidine rings is 1. The Morgan fingerprint density at radius 3 is 2.76 bits per heavy atom. The molecule has 1 fully saturated rings. The molecular formula is C19H20FN3O2. The second-order valence-corrected chi connectivity index (χ2v) is 6.30. The van der Waals surface area contributed by atoms with Gasteiger partial charge in [-0.15, -0.1) is 0 Å². The minimum absolute atomic E-state index is 0.0491. The smallest absolute Gasteiger partial charge is 0.231 e. The number of likely N-dealkylation sites (tertiary alicyclic amines) is 1. The number of carbonyl (C=O) groups excluding carboxylic acids is 2. The minimum atomic E-state index is -0.498. The molecule has 0 saturated carbocycles. The Morgan fingerprint density at radius 1 is 1.28 bits per heavy atom. The van der Waals surface area contributed by atoms with Crippen LogP contribution in [-0.4, -0.2) is 28.7 Å². The molecular weight excluding hydrogens is 321 g/mol. The van der Waals surface area contributed by atoms with Gasteiger partial charge in [-0.1, -0.05) is 18.2 Å². The third kappa shape index (κ3) is 3.68. The Labute approximate surface area is 145 Å². The van der Waals surface area contributed by atoms with Crippen molar-refractivity contribution in [2.45, 2.75) is 25.8 Å². The van der Waals surface area contributed by atoms with Gasteiger partial charge in [0.25, 0.3) is 0 Å². The first-order valence-corrected chi connectivity index (χ1v) is 8.21. The van der Waals surface area contributed by atoms with Crippen molar-refractivity contribution in [1.29, 1.82) is 0 Å². The lowest BCUT2D eigenvalue weighted by atomic mass is 9.84. The molecule has 0 unspecified atom stereocenters. The van der Waals surface area contributed by atoms with Gasteiger partial charge in [0.05, 0.1) is 12.0 Å². The fourth-order valence-corrected chi connectivity index (χ4v) is 3.29. The van der Waals surface area contributed by atoms with Gasteiger partial charge in [-0.25, -0.2) is 9.37 Å². The van der Waals surface area contributed by atoms with E-state index in [4.69, 9.17) is 0 Å². The molecule has 1 aliphatic heterocycles. The van der Waals surface area contributed by atoms with Crippen molar-refractivity contribution in [3.05, 3.63) is 59.5 Å². The summed E-state index contributed by atoms with van der Waals surface area (Å²) in [4.78, 5) is 30.8. The van der Waals surface area contributed by atoms with Gasteiger partial charge in [-0.05, 0) is 43.2 Å². The van der Waals surface area contributed by atoms with Crippen molar-refractivity contribution in [1.82, 2.24) is 9.88 Å². The molecule has 0 spiro atoms. The SMILES string of the molecule is Cc1cccc(NC(=O)[C@@H]2CCC(=O)N(C)[C@H]2c2cccc(F)c2)n1. The number of aromatic nitrogens is 1. The van der Waals surface area contributed by atoms with Crippen LogP contribution in [0.1, 0.15) is 30.1 Å². The van der Waals surface area contributed by atoms with E-state index in [0.29, 0.717) is 24.2 Å². The van der Waals surface area contributed by atoms with E-state index in [1.807, 2.05) is 19.1 Å². The summed E-state index contributed by atoms with van der Waals surface area (Å²) in [5.41, 5.74) is 1.42. The number of hydrogen-bond donors (Lipinski definition) is 1. The molecule has 25 heavy (non-hydrogen) atoms. The number of anilines is 1. The lowest BCUT2D eigenvalue weighted by molar-refractivity contribution is -0.140. The van der Waals surface area contributed by atoms with Gasteiger partial charge in [-0.2, -0.15) is 0 Å². The first-order valence-electron chi connectivity index (χ1n) is 8.21.